The summed E-state index contributed by atoms with van der Waals surface area (Å²) in [7, 11) is 0. The Bertz CT molecular complexity index is 680. The minimum Gasteiger partial charge on any atom is -0.360 e. The Labute approximate surface area is 154 Å². The van der Waals surface area contributed by atoms with Crippen LogP contribution < -0.4 is 10.6 Å². The molecule has 2 N–H and O–H groups in total. The van der Waals surface area contributed by atoms with Gasteiger partial charge in [-0.3, -0.25) is 4.68 Å². The van der Waals surface area contributed by atoms with E-state index in [1.54, 1.807) is 0 Å². The molecule has 23 heavy (non-hydrogen) atoms. The molecule has 0 spiro atoms. The van der Waals surface area contributed by atoms with Crippen LogP contribution in [0.4, 0.5) is 5.82 Å². The van der Waals surface area contributed by atoms with Crippen molar-refractivity contribution in [1.29, 1.82) is 0 Å². The first-order valence-corrected chi connectivity index (χ1v) is 9.23. The number of hydrogen-bond donors (Lipinski definition) is 2. The molecule has 1 saturated carbocycles. The fourth-order valence-corrected chi connectivity index (χ4v) is 3.54. The van der Waals surface area contributed by atoms with Crippen molar-refractivity contribution in [2.75, 3.05) is 5.32 Å². The molecule has 0 amide bonds. The lowest BCUT2D eigenvalue weighted by molar-refractivity contribution is 0.634. The summed E-state index contributed by atoms with van der Waals surface area (Å²) in [6, 6.07) is 8.25. The van der Waals surface area contributed by atoms with Gasteiger partial charge in [-0.05, 0) is 58.7 Å². The largest absolute Gasteiger partial charge is 0.360 e. The Morgan fingerprint density at radius 3 is 2.70 bits per heavy atom. The highest BCUT2D eigenvalue weighted by atomic mass is 79.9. The molecule has 1 aromatic heterocycles. The molecule has 1 aliphatic carbocycles. The van der Waals surface area contributed by atoms with Gasteiger partial charge < -0.3 is 10.6 Å². The minimum absolute atomic E-state index is 0.491. The molecule has 1 fully saturated rings. The van der Waals surface area contributed by atoms with Crippen LogP contribution in [0.3, 0.4) is 0 Å². The van der Waals surface area contributed by atoms with E-state index < -0.39 is 0 Å². The van der Waals surface area contributed by atoms with Crippen molar-refractivity contribution in [3.63, 3.8) is 0 Å². The average molecular weight is 414 g/mol. The standard InChI is InChI=1S/C16H18BrClN4S/c17-14-10-22(9-11-5-7-12(18)8-6-11)21-15(14)20-16(23)19-13-3-1-2-4-13/h5-8,10,13H,1-4,9H2,(H2,19,20,21,23). The van der Waals surface area contributed by atoms with Gasteiger partial charge in [0.05, 0.1) is 11.0 Å². The number of benzene rings is 1. The normalized spacial score (nSPS) is 14.9. The second-order valence-corrected chi connectivity index (χ2v) is 7.43. The maximum Gasteiger partial charge on any atom is 0.172 e. The maximum atomic E-state index is 5.91. The second-order valence-electron chi connectivity index (χ2n) is 5.73. The molecular formula is C16H18BrClN4S. The topological polar surface area (TPSA) is 41.9 Å². The van der Waals surface area contributed by atoms with E-state index in [-0.39, 0.29) is 0 Å². The van der Waals surface area contributed by atoms with E-state index >= 15 is 0 Å². The molecule has 0 bridgehead atoms. The third-order valence-electron chi connectivity index (χ3n) is 3.90. The van der Waals surface area contributed by atoms with Gasteiger partial charge in [-0.25, -0.2) is 0 Å². The fourth-order valence-electron chi connectivity index (χ4n) is 2.74. The quantitative estimate of drug-likeness (QED) is 0.720. The van der Waals surface area contributed by atoms with Crippen LogP contribution in [-0.2, 0) is 6.54 Å². The summed E-state index contributed by atoms with van der Waals surface area (Å²) in [6.07, 6.45) is 6.87. The number of nitrogens with one attached hydrogen (secondary N) is 2. The first kappa shape index (κ1) is 16.7. The molecule has 1 aromatic carbocycles. The van der Waals surface area contributed by atoms with E-state index in [4.69, 9.17) is 23.8 Å². The molecule has 1 heterocycles. The summed E-state index contributed by atoms with van der Waals surface area (Å²) in [6.45, 7) is 0.681. The van der Waals surface area contributed by atoms with Crippen molar-refractivity contribution in [2.24, 2.45) is 0 Å². The summed E-state index contributed by atoms with van der Waals surface area (Å²) in [5.74, 6) is 0.731. The molecule has 3 rings (SSSR count). The Morgan fingerprint density at radius 2 is 2.00 bits per heavy atom. The van der Waals surface area contributed by atoms with Gasteiger partial charge in [0.1, 0.15) is 0 Å². The van der Waals surface area contributed by atoms with E-state index in [0.29, 0.717) is 17.7 Å². The number of halogens is 2. The van der Waals surface area contributed by atoms with Gasteiger partial charge in [0, 0.05) is 17.3 Å². The smallest absolute Gasteiger partial charge is 0.172 e. The van der Waals surface area contributed by atoms with Crippen LogP contribution in [0.5, 0.6) is 0 Å². The molecule has 0 unspecified atom stereocenters. The van der Waals surface area contributed by atoms with Gasteiger partial charge in [-0.1, -0.05) is 36.6 Å². The molecular weight excluding hydrogens is 396 g/mol. The zero-order valence-electron chi connectivity index (χ0n) is 12.6. The second kappa shape index (κ2) is 7.64. The van der Waals surface area contributed by atoms with E-state index in [2.05, 4.69) is 31.7 Å². The molecule has 4 nitrogen and oxygen atoms in total. The lowest BCUT2D eigenvalue weighted by Gasteiger charge is -2.14. The van der Waals surface area contributed by atoms with Gasteiger partial charge in [0.15, 0.2) is 10.9 Å². The van der Waals surface area contributed by atoms with Crippen molar-refractivity contribution in [2.45, 2.75) is 38.3 Å². The number of hydrogen-bond acceptors (Lipinski definition) is 2. The van der Waals surface area contributed by atoms with E-state index in [9.17, 15) is 0 Å². The van der Waals surface area contributed by atoms with Crippen LogP contribution in [0.2, 0.25) is 5.02 Å². The Morgan fingerprint density at radius 1 is 1.30 bits per heavy atom. The molecule has 7 heteroatoms. The lowest BCUT2D eigenvalue weighted by atomic mass is 10.2. The third-order valence-corrected chi connectivity index (χ3v) is 4.95. The van der Waals surface area contributed by atoms with Crippen molar-refractivity contribution in [1.82, 2.24) is 15.1 Å². The van der Waals surface area contributed by atoms with E-state index in [0.717, 1.165) is 20.9 Å². The predicted octanol–water partition coefficient (Wildman–Crippen LogP) is 4.58. The average Bonchev–Trinajstić information content (AvgIpc) is 3.12. The zero-order chi connectivity index (χ0) is 16.2. The van der Waals surface area contributed by atoms with Crippen LogP contribution in [0.1, 0.15) is 31.2 Å². The number of thiocarbonyl (C=S) groups is 1. The predicted molar refractivity (Wildman–Crippen MR) is 102 cm³/mol. The van der Waals surface area contributed by atoms with Gasteiger partial charge >= 0.3 is 0 Å². The molecule has 0 atom stereocenters. The van der Waals surface area contributed by atoms with Gasteiger partial charge in [0.2, 0.25) is 0 Å². The van der Waals surface area contributed by atoms with Crippen molar-refractivity contribution in [3.8, 4) is 0 Å². The van der Waals surface area contributed by atoms with E-state index in [1.165, 1.54) is 25.7 Å². The summed E-state index contributed by atoms with van der Waals surface area (Å²) in [5, 5.41) is 12.4. The van der Waals surface area contributed by atoms with Crippen LogP contribution in [0.25, 0.3) is 0 Å². The third kappa shape index (κ3) is 4.68. The molecule has 0 radical (unpaired) electrons. The molecule has 122 valence electrons. The Balaban J connectivity index is 1.61. The van der Waals surface area contributed by atoms with Crippen molar-refractivity contribution < 1.29 is 0 Å². The summed E-state index contributed by atoms with van der Waals surface area (Å²) < 4.78 is 2.76. The van der Waals surface area contributed by atoms with Gasteiger partial charge in [-0.15, -0.1) is 0 Å². The first-order chi connectivity index (χ1) is 11.1. The van der Waals surface area contributed by atoms with Crippen molar-refractivity contribution in [3.05, 3.63) is 45.5 Å². The molecule has 0 aliphatic heterocycles. The van der Waals surface area contributed by atoms with Crippen LogP contribution in [-0.4, -0.2) is 20.9 Å². The van der Waals surface area contributed by atoms with Crippen LogP contribution in [0, 0.1) is 0 Å². The number of anilines is 1. The highest BCUT2D eigenvalue weighted by Crippen LogP contribution is 2.22. The van der Waals surface area contributed by atoms with Crippen LogP contribution in [0.15, 0.2) is 34.9 Å². The fraction of sp³-hybridized carbons (Fsp3) is 0.375. The van der Waals surface area contributed by atoms with Crippen LogP contribution >= 0.6 is 39.7 Å². The van der Waals surface area contributed by atoms with Gasteiger partial charge in [0.25, 0.3) is 0 Å². The monoisotopic (exact) mass is 412 g/mol. The van der Waals surface area contributed by atoms with Gasteiger partial charge in [-0.2, -0.15) is 5.10 Å². The highest BCUT2D eigenvalue weighted by Gasteiger charge is 2.16. The molecule has 0 saturated heterocycles. The maximum absolute atomic E-state index is 5.91. The Kier molecular flexibility index (Phi) is 5.56. The SMILES string of the molecule is S=C(Nc1nn(Cc2ccc(Cl)cc2)cc1Br)NC1CCCC1. The molecule has 2 aromatic rings. The zero-order valence-corrected chi connectivity index (χ0v) is 15.7. The van der Waals surface area contributed by atoms with Crippen molar-refractivity contribution >= 4 is 50.7 Å². The number of aromatic nitrogens is 2. The summed E-state index contributed by atoms with van der Waals surface area (Å²) >= 11 is 14.8. The first-order valence-electron chi connectivity index (χ1n) is 7.65. The Hall–Kier alpha value is -1.11. The molecule has 1 aliphatic rings. The number of nitrogens with zero attached hydrogens (tertiary/aromatic N) is 2. The number of rotatable bonds is 4. The minimum atomic E-state index is 0.491. The summed E-state index contributed by atoms with van der Waals surface area (Å²) in [4.78, 5) is 0. The van der Waals surface area contributed by atoms with E-state index in [1.807, 2.05) is 35.1 Å². The lowest BCUT2D eigenvalue weighted by Crippen LogP contribution is -2.36. The summed E-state index contributed by atoms with van der Waals surface area (Å²) in [5.41, 5.74) is 1.14. The highest BCUT2D eigenvalue weighted by molar-refractivity contribution is 9.10.